The molecule has 1 radical (unpaired) electrons. The average Bonchev–Trinajstić information content (AvgIpc) is 4.10. The summed E-state index contributed by atoms with van der Waals surface area (Å²) in [5, 5.41) is 12.5. The summed E-state index contributed by atoms with van der Waals surface area (Å²) in [6.45, 7) is 16.6. The van der Waals surface area contributed by atoms with Gasteiger partial charge in [0.1, 0.15) is 16.2 Å². The van der Waals surface area contributed by atoms with Crippen molar-refractivity contribution in [2.75, 3.05) is 5.32 Å². The third-order valence-corrected chi connectivity index (χ3v) is 17.7. The minimum Gasteiger partial charge on any atom is -0.456 e. The number of thiophene rings is 1. The van der Waals surface area contributed by atoms with Gasteiger partial charge < -0.3 is 14.3 Å². The summed E-state index contributed by atoms with van der Waals surface area (Å²) in [7, 11) is 2.49. The second kappa shape index (κ2) is 14.0. The Labute approximate surface area is 404 Å². The maximum Gasteiger partial charge on any atom is 0.198 e. The summed E-state index contributed by atoms with van der Waals surface area (Å²) in [4.78, 5) is 5.31. The predicted octanol–water partition coefficient (Wildman–Crippen LogP) is 16.4. The van der Waals surface area contributed by atoms with Crippen molar-refractivity contribution in [1.82, 2.24) is 9.55 Å². The normalized spacial score (nSPS) is 15.2. The van der Waals surface area contributed by atoms with E-state index in [1.165, 1.54) is 85.5 Å². The maximum atomic E-state index is 6.67. The van der Waals surface area contributed by atoms with Crippen LogP contribution in [0.3, 0.4) is 0 Å². The molecule has 1 aliphatic carbocycles. The van der Waals surface area contributed by atoms with Crippen molar-refractivity contribution in [3.63, 3.8) is 0 Å². The highest BCUT2D eigenvalue weighted by Gasteiger charge is 2.39. The predicted molar refractivity (Wildman–Crippen MR) is 294 cm³/mol. The Morgan fingerprint density at radius 2 is 1.38 bits per heavy atom. The molecule has 0 saturated heterocycles. The number of furan rings is 1. The largest absolute Gasteiger partial charge is 0.456 e. The molecule has 0 saturated carbocycles. The van der Waals surface area contributed by atoms with Gasteiger partial charge >= 0.3 is 0 Å². The van der Waals surface area contributed by atoms with Crippen molar-refractivity contribution in [3.8, 4) is 27.4 Å². The molecule has 68 heavy (non-hydrogen) atoms. The third-order valence-electron chi connectivity index (χ3n) is 15.5. The minimum absolute atomic E-state index is 0.0426. The first-order chi connectivity index (χ1) is 32.8. The quantitative estimate of drug-likeness (QED) is 0.179. The summed E-state index contributed by atoms with van der Waals surface area (Å²) in [5.74, 6) is 0. The molecular formula is C61H49BN3OS2. The first-order valence-corrected chi connectivity index (χ1v) is 25.6. The molecule has 2 aliphatic rings. The number of aromatic nitrogens is 2. The molecule has 14 rings (SSSR count). The van der Waals surface area contributed by atoms with Crippen LogP contribution in [0.4, 0.5) is 11.4 Å². The second-order valence-electron chi connectivity index (χ2n) is 21.7. The topological polar surface area (TPSA) is 43.0 Å². The van der Waals surface area contributed by atoms with E-state index in [2.05, 4.69) is 205 Å². The molecule has 5 heterocycles. The van der Waals surface area contributed by atoms with E-state index in [-0.39, 0.29) is 16.2 Å². The fourth-order valence-corrected chi connectivity index (χ4v) is 13.9. The maximum absolute atomic E-state index is 6.67. The Balaban J connectivity index is 1.15. The third kappa shape index (κ3) is 5.82. The van der Waals surface area contributed by atoms with Gasteiger partial charge in [-0.2, -0.15) is 0 Å². The molecule has 4 aromatic heterocycles. The van der Waals surface area contributed by atoms with E-state index in [4.69, 9.17) is 9.40 Å². The number of fused-ring (bicyclic) bond motifs is 14. The van der Waals surface area contributed by atoms with E-state index >= 15 is 0 Å². The fourth-order valence-electron chi connectivity index (χ4n) is 11.7. The van der Waals surface area contributed by atoms with Crippen molar-refractivity contribution in [1.29, 1.82) is 0 Å². The van der Waals surface area contributed by atoms with Gasteiger partial charge in [-0.25, -0.2) is 4.98 Å². The zero-order chi connectivity index (χ0) is 46.0. The molecule has 0 bridgehead atoms. The molecule has 0 atom stereocenters. The summed E-state index contributed by atoms with van der Waals surface area (Å²) in [5.41, 5.74) is 18.9. The van der Waals surface area contributed by atoms with E-state index < -0.39 is 0 Å². The molecule has 0 fully saturated rings. The lowest BCUT2D eigenvalue weighted by molar-refractivity contribution is 0.332. The Morgan fingerprint density at radius 1 is 0.662 bits per heavy atom. The van der Waals surface area contributed by atoms with Gasteiger partial charge in [0.05, 0.1) is 26.9 Å². The van der Waals surface area contributed by atoms with Crippen LogP contribution < -0.4 is 16.2 Å². The second-order valence-corrected chi connectivity index (χ2v) is 23.8. The Morgan fingerprint density at radius 3 is 2.16 bits per heavy atom. The molecule has 329 valence electrons. The smallest absolute Gasteiger partial charge is 0.198 e. The molecule has 0 spiro atoms. The van der Waals surface area contributed by atoms with Crippen LogP contribution in [-0.4, -0.2) is 16.8 Å². The number of nitrogens with one attached hydrogen (secondary N) is 1. The lowest BCUT2D eigenvalue weighted by atomic mass is 9.58. The van der Waals surface area contributed by atoms with Crippen LogP contribution in [0, 0.1) is 0 Å². The minimum atomic E-state index is 0.0426. The first kappa shape index (κ1) is 40.4. The number of benzene rings is 8. The SMILES string of the molecule is CC(C)(C)c1ccc(Nc2cc3oc4ccccc4c3cc2-c2c3c4c(c5cc6c(cc5n4-c4cc5sc(-c7ccccc7)nc5cc4[B]3)C(C)(C)CCC6(C)C)c3sc4ccccc4c23)cc1. The van der Waals surface area contributed by atoms with Crippen molar-refractivity contribution in [2.24, 2.45) is 0 Å². The van der Waals surface area contributed by atoms with Crippen LogP contribution in [0.2, 0.25) is 0 Å². The number of hydrogen-bond acceptors (Lipinski definition) is 5. The number of nitrogens with zero attached hydrogens (tertiary/aromatic N) is 2. The molecule has 12 aromatic rings. The summed E-state index contributed by atoms with van der Waals surface area (Å²) in [6.07, 6.45) is 2.32. The summed E-state index contributed by atoms with van der Waals surface area (Å²) in [6, 6.07) is 51.7. The van der Waals surface area contributed by atoms with Crippen LogP contribution >= 0.6 is 22.7 Å². The number of hydrogen-bond donors (Lipinski definition) is 1. The van der Waals surface area contributed by atoms with Crippen molar-refractivity contribution in [3.05, 3.63) is 156 Å². The lowest BCUT2D eigenvalue weighted by Gasteiger charge is -2.42. The first-order valence-electron chi connectivity index (χ1n) is 24.0. The van der Waals surface area contributed by atoms with E-state index in [1.54, 1.807) is 11.3 Å². The molecule has 4 nitrogen and oxygen atoms in total. The number of thiazole rings is 1. The van der Waals surface area contributed by atoms with Gasteiger partial charge in [-0.15, -0.1) is 22.7 Å². The van der Waals surface area contributed by atoms with E-state index in [9.17, 15) is 0 Å². The van der Waals surface area contributed by atoms with E-state index in [0.29, 0.717) is 0 Å². The van der Waals surface area contributed by atoms with Crippen LogP contribution in [-0.2, 0) is 16.2 Å². The molecule has 0 amide bonds. The molecule has 1 aliphatic heterocycles. The Hall–Kier alpha value is -6.67. The Kier molecular flexibility index (Phi) is 8.30. The van der Waals surface area contributed by atoms with Gasteiger partial charge in [-0.3, -0.25) is 0 Å². The van der Waals surface area contributed by atoms with Crippen molar-refractivity contribution >= 4 is 126 Å². The number of rotatable bonds is 4. The Bertz CT molecular complexity index is 4120. The van der Waals surface area contributed by atoms with Gasteiger partial charge in [-0.05, 0) is 111 Å². The number of anilines is 2. The molecule has 8 aromatic carbocycles. The highest BCUT2D eigenvalue weighted by molar-refractivity contribution is 7.27. The highest BCUT2D eigenvalue weighted by Crippen LogP contribution is 2.53. The standard InChI is InChI=1S/C61H49BN3OS2/c1-59(2,3)34-21-23-35(24-22-34)63-44-31-49-38(36-17-11-13-19-48(36)66-49)27-39(44)52-53-37-18-12-14-20-50(37)67-57(53)54-40-28-41-42(61(6,7)26-25-60(41,4)5)29-46(40)65-47-32-51-45(30-43(47)62-55(52)56(54)65)64-58(68-51)33-15-9-8-10-16-33/h8-24,27-32,63H,25-26H2,1-7H3. The van der Waals surface area contributed by atoms with Gasteiger partial charge in [0, 0.05) is 70.3 Å². The lowest BCUT2D eigenvalue weighted by Crippen LogP contribution is -2.37. The van der Waals surface area contributed by atoms with Crippen LogP contribution in [0.15, 0.2) is 144 Å². The zero-order valence-corrected chi connectivity index (χ0v) is 41.0. The summed E-state index contributed by atoms with van der Waals surface area (Å²) >= 11 is 3.72. The van der Waals surface area contributed by atoms with Crippen LogP contribution in [0.5, 0.6) is 0 Å². The number of para-hydroxylation sites is 1. The fraction of sp³-hybridized carbons (Fsp3) is 0.197. The molecule has 0 unspecified atom stereocenters. The van der Waals surface area contributed by atoms with Gasteiger partial charge in [-0.1, -0.05) is 133 Å². The van der Waals surface area contributed by atoms with Crippen molar-refractivity contribution < 1.29 is 4.42 Å². The summed E-state index contributed by atoms with van der Waals surface area (Å²) < 4.78 is 13.1. The van der Waals surface area contributed by atoms with Crippen molar-refractivity contribution in [2.45, 2.75) is 77.6 Å². The van der Waals surface area contributed by atoms with Gasteiger partial charge in [0.15, 0.2) is 7.28 Å². The molecule has 1 N–H and O–H groups in total. The average molecular weight is 915 g/mol. The van der Waals surface area contributed by atoms with Gasteiger partial charge in [0.25, 0.3) is 0 Å². The van der Waals surface area contributed by atoms with Gasteiger partial charge in [0.2, 0.25) is 0 Å². The van der Waals surface area contributed by atoms with E-state index in [1.807, 2.05) is 11.3 Å². The molecular weight excluding hydrogens is 866 g/mol. The van der Waals surface area contributed by atoms with Crippen LogP contribution in [0.1, 0.15) is 78.0 Å². The highest BCUT2D eigenvalue weighted by atomic mass is 32.1. The molecule has 7 heteroatoms. The van der Waals surface area contributed by atoms with Crippen LogP contribution in [0.25, 0.3) is 102 Å². The monoisotopic (exact) mass is 914 g/mol. The van der Waals surface area contributed by atoms with E-state index in [0.717, 1.165) is 67.8 Å². The zero-order valence-electron chi connectivity index (χ0n) is 39.4.